The molecule has 0 spiro atoms. The van der Waals surface area contributed by atoms with Gasteiger partial charge in [-0.2, -0.15) is 0 Å². The van der Waals surface area contributed by atoms with Crippen LogP contribution in [0.3, 0.4) is 0 Å². The highest BCUT2D eigenvalue weighted by atomic mass is 35.5. The number of halogens is 2. The maximum Gasteiger partial charge on any atom is 0.313 e. The summed E-state index contributed by atoms with van der Waals surface area (Å²) < 4.78 is 16.3. The molecule has 0 saturated heterocycles. The fraction of sp³-hybridized carbons (Fsp3) is 0.111. The third-order valence-corrected chi connectivity index (χ3v) is 4.05. The lowest BCUT2D eigenvalue weighted by Crippen LogP contribution is -1.98. The molecule has 2 aromatic carbocycles. The summed E-state index contributed by atoms with van der Waals surface area (Å²) in [5.74, 6) is 1.49. The molecule has 0 bridgehead atoms. The van der Waals surface area contributed by atoms with Crippen LogP contribution in [0.4, 0.5) is 6.01 Å². The van der Waals surface area contributed by atoms with Crippen LogP contribution in [-0.2, 0) is 6.61 Å². The minimum absolute atomic E-state index is 0.0169. The van der Waals surface area contributed by atoms with Gasteiger partial charge in [0.2, 0.25) is 5.89 Å². The van der Waals surface area contributed by atoms with E-state index < -0.39 is 0 Å². The molecule has 6 nitrogen and oxygen atoms in total. The second kappa shape index (κ2) is 8.12. The second-order valence-corrected chi connectivity index (χ2v) is 6.09. The predicted molar refractivity (Wildman–Crippen MR) is 101 cm³/mol. The molecule has 3 rings (SSSR count). The SMILES string of the molecule is COc1ccc(/C=C/c2nnc(N)o2)cc1OCc1ccc(Cl)cc1Cl. The van der Waals surface area contributed by atoms with Gasteiger partial charge in [0, 0.05) is 21.7 Å². The topological polar surface area (TPSA) is 83.4 Å². The summed E-state index contributed by atoms with van der Waals surface area (Å²) in [6.07, 6.45) is 3.46. The standard InChI is InChI=1S/C18H15Cl2N3O3/c1-24-15-6-2-11(3-7-17-22-23-18(21)26-17)8-16(15)25-10-12-4-5-13(19)9-14(12)20/h2-9H,10H2,1H3,(H2,21,23)/b7-3+. The number of nitrogen functional groups attached to an aromatic ring is 1. The van der Waals surface area contributed by atoms with Gasteiger partial charge in [-0.3, -0.25) is 0 Å². The van der Waals surface area contributed by atoms with Crippen molar-refractivity contribution in [1.82, 2.24) is 10.2 Å². The Hall–Kier alpha value is -2.70. The first-order valence-corrected chi connectivity index (χ1v) is 8.32. The Balaban J connectivity index is 1.77. The van der Waals surface area contributed by atoms with Crippen LogP contribution in [0.25, 0.3) is 12.2 Å². The Morgan fingerprint density at radius 3 is 2.62 bits per heavy atom. The van der Waals surface area contributed by atoms with Crippen molar-refractivity contribution in [3.8, 4) is 11.5 Å². The molecule has 1 heterocycles. The molecule has 0 fully saturated rings. The van der Waals surface area contributed by atoms with Crippen LogP contribution in [0, 0.1) is 0 Å². The minimum Gasteiger partial charge on any atom is -0.493 e. The fourth-order valence-corrected chi connectivity index (χ4v) is 2.65. The van der Waals surface area contributed by atoms with E-state index in [2.05, 4.69) is 10.2 Å². The van der Waals surface area contributed by atoms with Crippen LogP contribution < -0.4 is 15.2 Å². The molecule has 0 aliphatic rings. The highest BCUT2D eigenvalue weighted by molar-refractivity contribution is 6.35. The van der Waals surface area contributed by atoms with E-state index in [-0.39, 0.29) is 12.6 Å². The van der Waals surface area contributed by atoms with Crippen LogP contribution >= 0.6 is 23.2 Å². The van der Waals surface area contributed by atoms with E-state index in [4.69, 9.17) is 42.8 Å². The molecule has 134 valence electrons. The van der Waals surface area contributed by atoms with Crippen LogP contribution in [-0.4, -0.2) is 17.3 Å². The smallest absolute Gasteiger partial charge is 0.313 e. The Morgan fingerprint density at radius 2 is 1.92 bits per heavy atom. The van der Waals surface area contributed by atoms with Crippen molar-refractivity contribution < 1.29 is 13.9 Å². The van der Waals surface area contributed by atoms with Crippen molar-refractivity contribution in [1.29, 1.82) is 0 Å². The van der Waals surface area contributed by atoms with Gasteiger partial charge in [0.15, 0.2) is 11.5 Å². The lowest BCUT2D eigenvalue weighted by Gasteiger charge is -2.12. The Morgan fingerprint density at radius 1 is 1.08 bits per heavy atom. The van der Waals surface area contributed by atoms with Gasteiger partial charge in [0.05, 0.1) is 7.11 Å². The maximum atomic E-state index is 6.18. The lowest BCUT2D eigenvalue weighted by molar-refractivity contribution is 0.284. The maximum absolute atomic E-state index is 6.18. The monoisotopic (exact) mass is 391 g/mol. The number of hydrogen-bond acceptors (Lipinski definition) is 6. The molecular formula is C18H15Cl2N3O3. The van der Waals surface area contributed by atoms with Crippen molar-refractivity contribution in [2.75, 3.05) is 12.8 Å². The number of ether oxygens (including phenoxy) is 2. The molecule has 1 aromatic heterocycles. The van der Waals surface area contributed by atoms with E-state index in [0.717, 1.165) is 11.1 Å². The molecule has 0 aliphatic heterocycles. The molecule has 0 aliphatic carbocycles. The number of nitrogens with two attached hydrogens (primary N) is 1. The normalized spacial score (nSPS) is 11.0. The molecule has 3 aromatic rings. The predicted octanol–water partition coefficient (Wildman–Crippen LogP) is 4.72. The number of hydrogen-bond donors (Lipinski definition) is 1. The molecule has 8 heteroatoms. The van der Waals surface area contributed by atoms with E-state index in [0.29, 0.717) is 27.4 Å². The summed E-state index contributed by atoms with van der Waals surface area (Å²) in [4.78, 5) is 0. The number of benzene rings is 2. The Bertz CT molecular complexity index is 941. The molecule has 2 N–H and O–H groups in total. The van der Waals surface area contributed by atoms with Crippen molar-refractivity contribution in [3.63, 3.8) is 0 Å². The van der Waals surface area contributed by atoms with Gasteiger partial charge >= 0.3 is 6.01 Å². The van der Waals surface area contributed by atoms with Crippen LogP contribution in [0.15, 0.2) is 40.8 Å². The van der Waals surface area contributed by atoms with E-state index in [1.54, 1.807) is 37.5 Å². The van der Waals surface area contributed by atoms with Crippen LogP contribution in [0.2, 0.25) is 10.0 Å². The summed E-state index contributed by atoms with van der Waals surface area (Å²) in [6, 6.07) is 10.8. The van der Waals surface area contributed by atoms with Crippen molar-refractivity contribution in [3.05, 3.63) is 63.5 Å². The average molecular weight is 392 g/mol. The average Bonchev–Trinajstić information content (AvgIpc) is 3.04. The van der Waals surface area contributed by atoms with Crippen molar-refractivity contribution in [2.24, 2.45) is 0 Å². The molecule has 0 saturated carbocycles. The van der Waals surface area contributed by atoms with Gasteiger partial charge in [0.25, 0.3) is 0 Å². The van der Waals surface area contributed by atoms with Gasteiger partial charge in [-0.05, 0) is 35.9 Å². The quantitative estimate of drug-likeness (QED) is 0.654. The van der Waals surface area contributed by atoms with Gasteiger partial charge in [-0.1, -0.05) is 40.4 Å². The molecular weight excluding hydrogens is 377 g/mol. The Labute approximate surface area is 160 Å². The zero-order valence-electron chi connectivity index (χ0n) is 13.8. The summed E-state index contributed by atoms with van der Waals surface area (Å²) >= 11 is 12.1. The molecule has 26 heavy (non-hydrogen) atoms. The first-order chi connectivity index (χ1) is 12.5. The van der Waals surface area contributed by atoms with Gasteiger partial charge in [0.1, 0.15) is 6.61 Å². The third kappa shape index (κ3) is 4.47. The zero-order chi connectivity index (χ0) is 18.5. The number of nitrogens with zero attached hydrogens (tertiary/aromatic N) is 2. The van der Waals surface area contributed by atoms with Crippen molar-refractivity contribution >= 4 is 41.4 Å². The minimum atomic E-state index is 0.0169. The molecule has 0 radical (unpaired) electrons. The van der Waals surface area contributed by atoms with E-state index in [9.17, 15) is 0 Å². The zero-order valence-corrected chi connectivity index (χ0v) is 15.3. The van der Waals surface area contributed by atoms with Gasteiger partial charge in [-0.15, -0.1) is 5.10 Å². The van der Waals surface area contributed by atoms with E-state index >= 15 is 0 Å². The third-order valence-electron chi connectivity index (χ3n) is 3.46. The number of anilines is 1. The highest BCUT2D eigenvalue weighted by Crippen LogP contribution is 2.30. The van der Waals surface area contributed by atoms with E-state index in [1.807, 2.05) is 18.2 Å². The lowest BCUT2D eigenvalue weighted by atomic mass is 10.2. The van der Waals surface area contributed by atoms with Gasteiger partial charge < -0.3 is 19.6 Å². The fourth-order valence-electron chi connectivity index (χ4n) is 2.19. The first-order valence-electron chi connectivity index (χ1n) is 7.57. The van der Waals surface area contributed by atoms with Crippen LogP contribution in [0.1, 0.15) is 17.0 Å². The first kappa shape index (κ1) is 18.1. The number of methoxy groups -OCH3 is 1. The van der Waals surface area contributed by atoms with Crippen molar-refractivity contribution in [2.45, 2.75) is 6.61 Å². The summed E-state index contributed by atoms with van der Waals surface area (Å²) in [6.45, 7) is 0.278. The Kier molecular flexibility index (Phi) is 5.65. The van der Waals surface area contributed by atoms with E-state index in [1.165, 1.54) is 0 Å². The number of aromatic nitrogens is 2. The highest BCUT2D eigenvalue weighted by Gasteiger charge is 2.08. The second-order valence-electron chi connectivity index (χ2n) is 5.25. The molecule has 0 amide bonds. The summed E-state index contributed by atoms with van der Waals surface area (Å²) in [5.41, 5.74) is 7.08. The summed E-state index contributed by atoms with van der Waals surface area (Å²) in [5, 5.41) is 8.48. The largest absolute Gasteiger partial charge is 0.493 e. The molecule has 0 unspecified atom stereocenters. The number of rotatable bonds is 6. The van der Waals surface area contributed by atoms with Gasteiger partial charge in [-0.25, -0.2) is 0 Å². The van der Waals surface area contributed by atoms with Crippen LogP contribution in [0.5, 0.6) is 11.5 Å². The molecule has 0 atom stereocenters. The summed E-state index contributed by atoms with van der Waals surface area (Å²) in [7, 11) is 1.58.